The average molecular weight is 607 g/mol. The number of nitrogens with one attached hydrogen (secondary N) is 2. The summed E-state index contributed by atoms with van der Waals surface area (Å²) in [7, 11) is 0. The number of fused-ring (bicyclic) bond motifs is 1. The van der Waals surface area contributed by atoms with Crippen LogP contribution >= 0.6 is 0 Å². The van der Waals surface area contributed by atoms with Gasteiger partial charge in [-0.1, -0.05) is 30.3 Å². The lowest BCUT2D eigenvalue weighted by molar-refractivity contribution is -0.202. The first kappa shape index (κ1) is 29.3. The minimum atomic E-state index is -4.72. The number of piperazine rings is 1. The highest BCUT2D eigenvalue weighted by molar-refractivity contribution is 5.94. The highest BCUT2D eigenvalue weighted by atomic mass is 19.4. The number of rotatable bonds is 6. The molecule has 44 heavy (non-hydrogen) atoms. The molecule has 0 bridgehead atoms. The van der Waals surface area contributed by atoms with E-state index >= 15 is 0 Å². The molecule has 2 fully saturated rings. The van der Waals surface area contributed by atoms with Crippen molar-refractivity contribution in [1.29, 1.82) is 5.26 Å². The summed E-state index contributed by atoms with van der Waals surface area (Å²) in [4.78, 5) is 39.5. The molecule has 4 heterocycles. The third-order valence-corrected chi connectivity index (χ3v) is 8.24. The number of nitriles is 1. The second kappa shape index (κ2) is 12.1. The largest absolute Gasteiger partial charge is 0.492 e. The Bertz CT molecular complexity index is 1570. The monoisotopic (exact) mass is 606 g/mol. The maximum atomic E-state index is 14.0. The summed E-state index contributed by atoms with van der Waals surface area (Å²) in [5.74, 6) is -2.56. The van der Waals surface area contributed by atoms with Crippen molar-refractivity contribution < 1.29 is 27.5 Å². The lowest BCUT2D eigenvalue weighted by Gasteiger charge is -2.40. The SMILES string of the molecule is N#Cc1cnc(N2CCN(C(=O)c3cccc(OCC4c5ccccc5CN4C4CNNC(=O)C4C(F)(F)F)c3)CC2)nc1. The van der Waals surface area contributed by atoms with E-state index in [0.717, 1.165) is 11.1 Å². The van der Waals surface area contributed by atoms with Crippen molar-refractivity contribution in [2.45, 2.75) is 24.8 Å². The van der Waals surface area contributed by atoms with Crippen molar-refractivity contribution >= 4 is 17.8 Å². The first-order chi connectivity index (χ1) is 21.2. The third kappa shape index (κ3) is 5.88. The minimum absolute atomic E-state index is 0.0284. The molecule has 0 radical (unpaired) electrons. The predicted molar refractivity (Wildman–Crippen MR) is 151 cm³/mol. The Labute approximate surface area is 251 Å². The van der Waals surface area contributed by atoms with Gasteiger partial charge in [-0.05, 0) is 29.3 Å². The Hall–Kier alpha value is -4.74. The molecule has 3 unspecified atom stereocenters. The number of anilines is 1. The van der Waals surface area contributed by atoms with Crippen molar-refractivity contribution in [2.75, 3.05) is 44.2 Å². The highest BCUT2D eigenvalue weighted by Gasteiger charge is 2.55. The van der Waals surface area contributed by atoms with Crippen LogP contribution in [0.25, 0.3) is 0 Å². The van der Waals surface area contributed by atoms with Crippen molar-refractivity contribution in [3.8, 4) is 11.8 Å². The minimum Gasteiger partial charge on any atom is -0.492 e. The molecule has 1 aromatic heterocycles. The molecular weight excluding hydrogens is 577 g/mol. The van der Waals surface area contributed by atoms with Gasteiger partial charge in [-0.2, -0.15) is 18.4 Å². The number of halogens is 3. The van der Waals surface area contributed by atoms with Gasteiger partial charge in [-0.3, -0.25) is 19.9 Å². The molecule has 6 rings (SSSR count). The van der Waals surface area contributed by atoms with Crippen molar-refractivity contribution in [3.05, 3.63) is 83.2 Å². The second-order valence-corrected chi connectivity index (χ2v) is 10.8. The number of hydrazine groups is 1. The van der Waals surface area contributed by atoms with E-state index in [2.05, 4.69) is 20.8 Å². The van der Waals surface area contributed by atoms with E-state index in [1.54, 1.807) is 34.1 Å². The summed E-state index contributed by atoms with van der Waals surface area (Å²) in [5.41, 5.74) is 7.25. The molecule has 2 N–H and O–H groups in total. The van der Waals surface area contributed by atoms with E-state index in [1.807, 2.05) is 35.2 Å². The molecule has 2 saturated heterocycles. The van der Waals surface area contributed by atoms with Crippen LogP contribution in [-0.4, -0.2) is 83.1 Å². The van der Waals surface area contributed by atoms with Gasteiger partial charge < -0.3 is 14.5 Å². The maximum Gasteiger partial charge on any atom is 0.402 e. The quantitative estimate of drug-likeness (QED) is 0.435. The van der Waals surface area contributed by atoms with Gasteiger partial charge in [-0.15, -0.1) is 0 Å². The zero-order valence-electron chi connectivity index (χ0n) is 23.5. The van der Waals surface area contributed by atoms with Crippen molar-refractivity contribution in [3.63, 3.8) is 0 Å². The van der Waals surface area contributed by atoms with Crippen LogP contribution in [0.1, 0.15) is 33.1 Å². The third-order valence-electron chi connectivity index (χ3n) is 8.24. The average Bonchev–Trinajstić information content (AvgIpc) is 3.41. The van der Waals surface area contributed by atoms with E-state index in [9.17, 15) is 22.8 Å². The number of nitrogens with zero attached hydrogens (tertiary/aromatic N) is 6. The molecule has 3 aliphatic heterocycles. The molecular formula is C30H29F3N8O3. The standard InChI is InChI=1S/C30H29F3N8O3/c31-30(32,33)26-24(16-37-38-27(26)42)41-17-21-4-1-2-7-23(21)25(41)18-44-22-6-3-5-20(12-22)28(43)39-8-10-40(11-9-39)29-35-14-19(13-34)15-36-29/h1-7,12,14-15,24-26,37H,8-11,16-18H2,(H,38,42). The number of hydrogen-bond donors (Lipinski definition) is 2. The zero-order chi connectivity index (χ0) is 30.8. The highest BCUT2D eigenvalue weighted by Crippen LogP contribution is 2.41. The molecule has 2 amide bonds. The fourth-order valence-corrected chi connectivity index (χ4v) is 6.04. The molecule has 0 spiro atoms. The smallest absolute Gasteiger partial charge is 0.402 e. The number of carbonyl (C=O) groups excluding carboxylic acids is 2. The van der Waals surface area contributed by atoms with E-state index in [1.165, 1.54) is 12.4 Å². The Kier molecular flexibility index (Phi) is 8.07. The van der Waals surface area contributed by atoms with Crippen LogP contribution in [0.2, 0.25) is 0 Å². The summed E-state index contributed by atoms with van der Waals surface area (Å²) < 4.78 is 48.2. The van der Waals surface area contributed by atoms with Crippen LogP contribution in [-0.2, 0) is 11.3 Å². The van der Waals surface area contributed by atoms with Crippen LogP contribution in [0.4, 0.5) is 19.1 Å². The van der Waals surface area contributed by atoms with Gasteiger partial charge in [0.05, 0.1) is 24.0 Å². The molecule has 0 saturated carbocycles. The van der Waals surface area contributed by atoms with E-state index < -0.39 is 30.1 Å². The molecule has 228 valence electrons. The number of carbonyl (C=O) groups is 2. The van der Waals surface area contributed by atoms with Gasteiger partial charge in [0.25, 0.3) is 5.91 Å². The lowest BCUT2D eigenvalue weighted by atomic mass is 9.94. The fourth-order valence-electron chi connectivity index (χ4n) is 6.04. The van der Waals surface area contributed by atoms with Crippen LogP contribution in [0.3, 0.4) is 0 Å². The van der Waals surface area contributed by atoms with Crippen LogP contribution in [0.5, 0.6) is 5.75 Å². The lowest BCUT2D eigenvalue weighted by Crippen LogP contribution is -2.64. The van der Waals surface area contributed by atoms with Crippen LogP contribution < -0.4 is 20.5 Å². The molecule has 0 aliphatic carbocycles. The summed E-state index contributed by atoms with van der Waals surface area (Å²) in [5, 5.41) is 8.95. The van der Waals surface area contributed by atoms with E-state index in [0.29, 0.717) is 49.0 Å². The Morgan fingerprint density at radius 1 is 1.07 bits per heavy atom. The number of hydrogen-bond acceptors (Lipinski definition) is 9. The molecule has 3 aromatic rings. The van der Waals surface area contributed by atoms with E-state index in [4.69, 9.17) is 10.00 Å². The fraction of sp³-hybridized carbons (Fsp3) is 0.367. The van der Waals surface area contributed by atoms with E-state index in [-0.39, 0.29) is 25.6 Å². The summed E-state index contributed by atoms with van der Waals surface area (Å²) in [6.45, 7) is 2.15. The normalized spacial score (nSPS) is 22.2. The number of alkyl halides is 3. The molecule has 11 nitrogen and oxygen atoms in total. The summed E-state index contributed by atoms with van der Waals surface area (Å²) >= 11 is 0. The van der Waals surface area contributed by atoms with Gasteiger partial charge in [0, 0.05) is 50.9 Å². The number of benzene rings is 2. The van der Waals surface area contributed by atoms with Gasteiger partial charge in [0.2, 0.25) is 11.9 Å². The number of aromatic nitrogens is 2. The zero-order valence-corrected chi connectivity index (χ0v) is 23.5. The predicted octanol–water partition coefficient (Wildman–Crippen LogP) is 2.43. The number of amides is 2. The molecule has 2 aromatic carbocycles. The first-order valence-electron chi connectivity index (χ1n) is 14.1. The van der Waals surface area contributed by atoms with Crippen molar-refractivity contribution in [2.24, 2.45) is 5.92 Å². The topological polar surface area (TPSA) is 127 Å². The van der Waals surface area contributed by atoms with Gasteiger partial charge in [-0.25, -0.2) is 15.4 Å². The number of ether oxygens (including phenoxy) is 1. The first-order valence-corrected chi connectivity index (χ1v) is 14.1. The molecule has 3 atom stereocenters. The Morgan fingerprint density at radius 2 is 1.82 bits per heavy atom. The Balaban J connectivity index is 1.13. The van der Waals surface area contributed by atoms with Gasteiger partial charge in [0.1, 0.15) is 18.4 Å². The molecule has 14 heteroatoms. The second-order valence-electron chi connectivity index (χ2n) is 10.8. The molecule has 3 aliphatic rings. The van der Waals surface area contributed by atoms with Crippen molar-refractivity contribution in [1.82, 2.24) is 30.6 Å². The van der Waals surface area contributed by atoms with Gasteiger partial charge >= 0.3 is 6.18 Å². The summed E-state index contributed by atoms with van der Waals surface area (Å²) in [6, 6.07) is 14.5. The maximum absolute atomic E-state index is 14.0. The Morgan fingerprint density at radius 3 is 2.55 bits per heavy atom. The van der Waals surface area contributed by atoms with Crippen LogP contribution in [0, 0.1) is 17.2 Å². The van der Waals surface area contributed by atoms with Crippen LogP contribution in [0.15, 0.2) is 60.9 Å². The van der Waals surface area contributed by atoms with Gasteiger partial charge in [0.15, 0.2) is 5.92 Å². The summed E-state index contributed by atoms with van der Waals surface area (Å²) in [6.07, 6.45) is -1.79.